The van der Waals surface area contributed by atoms with Gasteiger partial charge in [0.05, 0.1) is 12.4 Å². The molecule has 18 heavy (non-hydrogen) atoms. The standard InChI is InChI=1S/C11H21N3O3S/c1-9(2)14-7-11(12-8-14)18(16,17)13(4)6-5-10(3)15/h7-10,15H,5-6H2,1-4H3. The van der Waals surface area contributed by atoms with Crippen LogP contribution in [-0.2, 0) is 10.0 Å². The minimum atomic E-state index is -3.56. The normalized spacial score (nSPS) is 14.4. The molecule has 0 amide bonds. The Labute approximate surface area is 108 Å². The highest BCUT2D eigenvalue weighted by atomic mass is 32.2. The summed E-state index contributed by atoms with van der Waals surface area (Å²) in [5, 5.41) is 9.22. The highest BCUT2D eigenvalue weighted by molar-refractivity contribution is 7.89. The van der Waals surface area contributed by atoms with Crippen LogP contribution in [0.1, 0.15) is 33.2 Å². The van der Waals surface area contributed by atoms with Gasteiger partial charge in [0.2, 0.25) is 0 Å². The molecule has 0 radical (unpaired) electrons. The number of imidazole rings is 1. The molecular formula is C11H21N3O3S. The highest BCUT2D eigenvalue weighted by Gasteiger charge is 2.23. The van der Waals surface area contributed by atoms with Crippen molar-refractivity contribution >= 4 is 10.0 Å². The number of sulfonamides is 1. The summed E-state index contributed by atoms with van der Waals surface area (Å²) in [6.45, 7) is 5.81. The molecule has 0 aliphatic carbocycles. The average molecular weight is 275 g/mol. The van der Waals surface area contributed by atoms with Crippen LogP contribution in [-0.4, -0.2) is 47.1 Å². The van der Waals surface area contributed by atoms with Gasteiger partial charge in [0.15, 0.2) is 5.03 Å². The van der Waals surface area contributed by atoms with Crippen LogP contribution in [0.4, 0.5) is 0 Å². The topological polar surface area (TPSA) is 75.4 Å². The predicted molar refractivity (Wildman–Crippen MR) is 68.7 cm³/mol. The second-order valence-electron chi connectivity index (χ2n) is 4.72. The minimum Gasteiger partial charge on any atom is -0.393 e. The molecule has 1 unspecified atom stereocenters. The summed E-state index contributed by atoms with van der Waals surface area (Å²) in [6.07, 6.45) is 2.93. The lowest BCUT2D eigenvalue weighted by Gasteiger charge is -2.16. The lowest BCUT2D eigenvalue weighted by Crippen LogP contribution is -2.29. The van der Waals surface area contributed by atoms with Crippen molar-refractivity contribution in [2.24, 2.45) is 0 Å². The molecule has 0 fully saturated rings. The van der Waals surface area contributed by atoms with Crippen LogP contribution < -0.4 is 0 Å². The first-order valence-corrected chi connectivity index (χ1v) is 7.37. The monoisotopic (exact) mass is 275 g/mol. The molecule has 104 valence electrons. The van der Waals surface area contributed by atoms with Crippen LogP contribution in [0, 0.1) is 0 Å². The van der Waals surface area contributed by atoms with E-state index in [1.165, 1.54) is 23.9 Å². The van der Waals surface area contributed by atoms with E-state index in [-0.39, 0.29) is 17.6 Å². The van der Waals surface area contributed by atoms with E-state index in [1.807, 2.05) is 13.8 Å². The third-order valence-corrected chi connectivity index (χ3v) is 4.45. The summed E-state index contributed by atoms with van der Waals surface area (Å²) in [7, 11) is -2.06. The fourth-order valence-electron chi connectivity index (χ4n) is 1.38. The molecule has 0 spiro atoms. The molecule has 7 heteroatoms. The zero-order valence-electron chi connectivity index (χ0n) is 11.2. The summed E-state index contributed by atoms with van der Waals surface area (Å²) in [6, 6.07) is 0.171. The highest BCUT2D eigenvalue weighted by Crippen LogP contribution is 2.14. The van der Waals surface area contributed by atoms with Crippen molar-refractivity contribution in [3.8, 4) is 0 Å². The summed E-state index contributed by atoms with van der Waals surface area (Å²) in [5.41, 5.74) is 0. The fourth-order valence-corrected chi connectivity index (χ4v) is 2.48. The maximum atomic E-state index is 12.1. The number of aromatic nitrogens is 2. The molecule has 1 heterocycles. The van der Waals surface area contributed by atoms with E-state index in [1.54, 1.807) is 11.5 Å². The van der Waals surface area contributed by atoms with Gasteiger partial charge in [0, 0.05) is 25.8 Å². The van der Waals surface area contributed by atoms with Gasteiger partial charge < -0.3 is 9.67 Å². The first kappa shape index (κ1) is 15.1. The zero-order valence-corrected chi connectivity index (χ0v) is 12.1. The van der Waals surface area contributed by atoms with E-state index >= 15 is 0 Å². The minimum absolute atomic E-state index is 0.0456. The van der Waals surface area contributed by atoms with Crippen molar-refractivity contribution in [1.29, 1.82) is 0 Å². The summed E-state index contributed by atoms with van der Waals surface area (Å²) in [4.78, 5) is 3.93. The molecular weight excluding hydrogens is 254 g/mol. The molecule has 0 saturated carbocycles. The predicted octanol–water partition coefficient (Wildman–Crippen LogP) is 0.855. The van der Waals surface area contributed by atoms with Gasteiger partial charge in [0.25, 0.3) is 10.0 Å². The molecule has 0 saturated heterocycles. The maximum Gasteiger partial charge on any atom is 0.261 e. The fraction of sp³-hybridized carbons (Fsp3) is 0.727. The number of hydrogen-bond acceptors (Lipinski definition) is 4. The first-order chi connectivity index (χ1) is 8.25. The molecule has 0 aliphatic rings. The Morgan fingerprint density at radius 1 is 1.44 bits per heavy atom. The van der Waals surface area contributed by atoms with Crippen molar-refractivity contribution in [3.05, 3.63) is 12.5 Å². The Balaban J connectivity index is 2.84. The van der Waals surface area contributed by atoms with Crippen molar-refractivity contribution in [3.63, 3.8) is 0 Å². The van der Waals surface area contributed by atoms with Crippen molar-refractivity contribution < 1.29 is 13.5 Å². The largest absolute Gasteiger partial charge is 0.393 e. The van der Waals surface area contributed by atoms with Gasteiger partial charge in [-0.25, -0.2) is 13.4 Å². The van der Waals surface area contributed by atoms with E-state index in [2.05, 4.69) is 4.98 Å². The Bertz CT molecular complexity index is 479. The van der Waals surface area contributed by atoms with Crippen LogP contribution in [0.15, 0.2) is 17.6 Å². The van der Waals surface area contributed by atoms with Gasteiger partial charge in [-0.3, -0.25) is 0 Å². The second-order valence-corrected chi connectivity index (χ2v) is 6.71. The lowest BCUT2D eigenvalue weighted by atomic mass is 10.3. The number of aliphatic hydroxyl groups is 1. The Morgan fingerprint density at radius 2 is 2.06 bits per heavy atom. The lowest BCUT2D eigenvalue weighted by molar-refractivity contribution is 0.177. The first-order valence-electron chi connectivity index (χ1n) is 5.93. The Morgan fingerprint density at radius 3 is 2.50 bits per heavy atom. The number of nitrogens with zero attached hydrogens (tertiary/aromatic N) is 3. The van der Waals surface area contributed by atoms with Crippen molar-refractivity contribution in [1.82, 2.24) is 13.9 Å². The van der Waals surface area contributed by atoms with Crippen LogP contribution in [0.3, 0.4) is 0 Å². The maximum absolute atomic E-state index is 12.1. The van der Waals surface area contributed by atoms with Gasteiger partial charge in [-0.2, -0.15) is 4.31 Å². The average Bonchev–Trinajstić information content (AvgIpc) is 2.75. The molecule has 6 nitrogen and oxygen atoms in total. The zero-order chi connectivity index (χ0) is 13.9. The third kappa shape index (κ3) is 3.54. The molecule has 0 bridgehead atoms. The van der Waals surface area contributed by atoms with Gasteiger partial charge in [-0.15, -0.1) is 0 Å². The molecule has 1 atom stereocenters. The van der Waals surface area contributed by atoms with E-state index < -0.39 is 16.1 Å². The Kier molecular flexibility index (Phi) is 4.89. The summed E-state index contributed by atoms with van der Waals surface area (Å²) in [5.74, 6) is 0. The van der Waals surface area contributed by atoms with Crippen LogP contribution in [0.5, 0.6) is 0 Å². The van der Waals surface area contributed by atoms with Crippen LogP contribution in [0.25, 0.3) is 0 Å². The van der Waals surface area contributed by atoms with Crippen LogP contribution >= 0.6 is 0 Å². The van der Waals surface area contributed by atoms with Crippen LogP contribution in [0.2, 0.25) is 0 Å². The van der Waals surface area contributed by atoms with E-state index in [4.69, 9.17) is 0 Å². The SMILES string of the molecule is CC(O)CCN(C)S(=O)(=O)c1cn(C(C)C)cn1. The van der Waals surface area contributed by atoms with E-state index in [0.717, 1.165) is 0 Å². The van der Waals surface area contributed by atoms with Gasteiger partial charge in [-0.05, 0) is 27.2 Å². The second kappa shape index (κ2) is 5.81. The molecule has 0 aromatic carbocycles. The third-order valence-electron chi connectivity index (χ3n) is 2.71. The number of rotatable bonds is 6. The van der Waals surface area contributed by atoms with Gasteiger partial charge in [0.1, 0.15) is 0 Å². The van der Waals surface area contributed by atoms with E-state index in [0.29, 0.717) is 6.42 Å². The molecule has 1 aromatic heterocycles. The van der Waals surface area contributed by atoms with E-state index in [9.17, 15) is 13.5 Å². The van der Waals surface area contributed by atoms with Gasteiger partial charge in [-0.1, -0.05) is 0 Å². The smallest absolute Gasteiger partial charge is 0.261 e. The molecule has 0 aliphatic heterocycles. The van der Waals surface area contributed by atoms with Gasteiger partial charge >= 0.3 is 0 Å². The number of hydrogen-bond donors (Lipinski definition) is 1. The summed E-state index contributed by atoms with van der Waals surface area (Å²) < 4.78 is 27.3. The molecule has 1 aromatic rings. The van der Waals surface area contributed by atoms with Crippen molar-refractivity contribution in [2.75, 3.05) is 13.6 Å². The quantitative estimate of drug-likeness (QED) is 0.835. The Hall–Kier alpha value is -0.920. The number of aliphatic hydroxyl groups excluding tert-OH is 1. The summed E-state index contributed by atoms with van der Waals surface area (Å²) >= 11 is 0. The molecule has 1 N–H and O–H groups in total. The van der Waals surface area contributed by atoms with Crippen molar-refractivity contribution in [2.45, 2.75) is 44.4 Å². The molecule has 1 rings (SSSR count).